The van der Waals surface area contributed by atoms with E-state index in [1.165, 1.54) is 38.8 Å². The molecule has 2 fully saturated rings. The fraction of sp³-hybridized carbons (Fsp3) is 1.00. The minimum atomic E-state index is 0.894. The maximum atomic E-state index is 3.58. The number of hydrogen-bond donors (Lipinski definition) is 1. The summed E-state index contributed by atoms with van der Waals surface area (Å²) in [4.78, 5) is 0. The first-order chi connectivity index (χ1) is 6.29. The van der Waals surface area contributed by atoms with Crippen LogP contribution in [-0.4, -0.2) is 13.1 Å². The van der Waals surface area contributed by atoms with Gasteiger partial charge in [-0.2, -0.15) is 0 Å². The zero-order valence-electron chi connectivity index (χ0n) is 9.05. The predicted octanol–water partition coefficient (Wildman–Crippen LogP) is 2.67. The molecule has 3 unspecified atom stereocenters. The first-order valence-electron chi connectivity index (χ1n) is 5.99. The van der Waals surface area contributed by atoms with Gasteiger partial charge in [0.1, 0.15) is 0 Å². The minimum Gasteiger partial charge on any atom is -0.316 e. The second kappa shape index (κ2) is 4.00. The van der Waals surface area contributed by atoms with Gasteiger partial charge in [-0.15, -0.1) is 0 Å². The van der Waals surface area contributed by atoms with Crippen molar-refractivity contribution >= 4 is 0 Å². The highest BCUT2D eigenvalue weighted by Crippen LogP contribution is 2.39. The van der Waals surface area contributed by atoms with E-state index in [4.69, 9.17) is 0 Å². The molecule has 0 spiro atoms. The van der Waals surface area contributed by atoms with Gasteiger partial charge in [0.25, 0.3) is 0 Å². The number of fused-ring (bicyclic) bond motifs is 1. The Balaban J connectivity index is 2.06. The Labute approximate surface area is 82.3 Å². The maximum absolute atomic E-state index is 3.58. The lowest BCUT2D eigenvalue weighted by Crippen LogP contribution is -2.25. The molecule has 0 aromatic rings. The molecule has 1 saturated carbocycles. The molecule has 1 heterocycles. The summed E-state index contributed by atoms with van der Waals surface area (Å²) in [6.45, 7) is 7.41. The molecule has 1 aliphatic heterocycles. The van der Waals surface area contributed by atoms with Crippen LogP contribution in [0.25, 0.3) is 0 Å². The Morgan fingerprint density at radius 3 is 2.62 bits per heavy atom. The molecule has 0 amide bonds. The van der Waals surface area contributed by atoms with E-state index in [0.29, 0.717) is 0 Å². The van der Waals surface area contributed by atoms with E-state index in [-0.39, 0.29) is 0 Å². The highest BCUT2D eigenvalue weighted by Gasteiger charge is 2.35. The molecule has 0 bridgehead atoms. The maximum Gasteiger partial charge on any atom is -0.00145 e. The highest BCUT2D eigenvalue weighted by molar-refractivity contribution is 4.88. The van der Waals surface area contributed by atoms with E-state index in [1.807, 2.05) is 0 Å². The molecule has 2 aliphatic rings. The normalized spacial score (nSPS) is 40.4. The minimum absolute atomic E-state index is 0.894. The van der Waals surface area contributed by atoms with Crippen LogP contribution in [0.15, 0.2) is 0 Å². The Bertz CT molecular complexity index is 165. The van der Waals surface area contributed by atoms with Gasteiger partial charge in [-0.05, 0) is 49.6 Å². The molecule has 0 aromatic heterocycles. The summed E-state index contributed by atoms with van der Waals surface area (Å²) in [5.41, 5.74) is 0. The fourth-order valence-electron chi connectivity index (χ4n) is 3.40. The van der Waals surface area contributed by atoms with Gasteiger partial charge in [-0.25, -0.2) is 0 Å². The van der Waals surface area contributed by atoms with E-state index in [2.05, 4.69) is 19.2 Å². The lowest BCUT2D eigenvalue weighted by atomic mass is 9.77. The Morgan fingerprint density at radius 1 is 1.08 bits per heavy atom. The third kappa shape index (κ3) is 1.90. The molecule has 3 atom stereocenters. The van der Waals surface area contributed by atoms with Gasteiger partial charge in [0.2, 0.25) is 0 Å². The van der Waals surface area contributed by atoms with E-state index < -0.39 is 0 Å². The number of hydrogen-bond acceptors (Lipinski definition) is 1. The van der Waals surface area contributed by atoms with E-state index >= 15 is 0 Å². The second-order valence-corrected chi connectivity index (χ2v) is 5.27. The lowest BCUT2D eigenvalue weighted by molar-refractivity contribution is 0.221. The van der Waals surface area contributed by atoms with Crippen molar-refractivity contribution in [1.82, 2.24) is 5.32 Å². The molecular weight excluding hydrogens is 158 g/mol. The lowest BCUT2D eigenvalue weighted by Gasteiger charge is -2.28. The van der Waals surface area contributed by atoms with Crippen molar-refractivity contribution in [3.05, 3.63) is 0 Å². The van der Waals surface area contributed by atoms with Gasteiger partial charge in [-0.1, -0.05) is 26.7 Å². The smallest absolute Gasteiger partial charge is 0.00145 e. The van der Waals surface area contributed by atoms with Crippen molar-refractivity contribution in [2.45, 2.75) is 39.5 Å². The quantitative estimate of drug-likeness (QED) is 0.656. The molecule has 1 nitrogen and oxygen atoms in total. The third-order valence-electron chi connectivity index (χ3n) is 4.16. The van der Waals surface area contributed by atoms with Gasteiger partial charge < -0.3 is 5.32 Å². The largest absolute Gasteiger partial charge is 0.316 e. The Morgan fingerprint density at radius 2 is 1.85 bits per heavy atom. The number of nitrogens with one attached hydrogen (secondary N) is 1. The topological polar surface area (TPSA) is 12.0 Å². The van der Waals surface area contributed by atoms with Crippen LogP contribution in [0.2, 0.25) is 0 Å². The van der Waals surface area contributed by atoms with E-state index in [1.54, 1.807) is 0 Å². The summed E-state index contributed by atoms with van der Waals surface area (Å²) in [7, 11) is 0. The van der Waals surface area contributed by atoms with Gasteiger partial charge in [-0.3, -0.25) is 0 Å². The third-order valence-corrected chi connectivity index (χ3v) is 4.16. The van der Waals surface area contributed by atoms with Crippen LogP contribution < -0.4 is 5.32 Å². The SMILES string of the molecule is CC(C)C1CCCCC2CNCC21. The van der Waals surface area contributed by atoms with Crippen LogP contribution >= 0.6 is 0 Å². The van der Waals surface area contributed by atoms with Crippen molar-refractivity contribution in [2.75, 3.05) is 13.1 Å². The second-order valence-electron chi connectivity index (χ2n) is 5.27. The molecule has 13 heavy (non-hydrogen) atoms. The van der Waals surface area contributed by atoms with Crippen LogP contribution in [0.3, 0.4) is 0 Å². The average molecular weight is 181 g/mol. The van der Waals surface area contributed by atoms with Gasteiger partial charge in [0, 0.05) is 0 Å². The molecule has 1 heteroatoms. The highest BCUT2D eigenvalue weighted by atomic mass is 14.9. The molecule has 1 N–H and O–H groups in total. The number of rotatable bonds is 1. The molecule has 1 aliphatic carbocycles. The molecule has 1 saturated heterocycles. The van der Waals surface area contributed by atoms with Crippen molar-refractivity contribution in [3.63, 3.8) is 0 Å². The Kier molecular flexibility index (Phi) is 2.92. The van der Waals surface area contributed by atoms with Crippen LogP contribution in [0.5, 0.6) is 0 Å². The summed E-state index contributed by atoms with van der Waals surface area (Å²) < 4.78 is 0. The van der Waals surface area contributed by atoms with Crippen LogP contribution in [0.1, 0.15) is 39.5 Å². The van der Waals surface area contributed by atoms with Crippen LogP contribution in [0.4, 0.5) is 0 Å². The summed E-state index contributed by atoms with van der Waals surface area (Å²) in [5, 5.41) is 3.58. The first-order valence-corrected chi connectivity index (χ1v) is 5.99. The van der Waals surface area contributed by atoms with Crippen molar-refractivity contribution < 1.29 is 0 Å². The summed E-state index contributed by atoms with van der Waals surface area (Å²) in [5.74, 6) is 3.91. The fourth-order valence-corrected chi connectivity index (χ4v) is 3.40. The van der Waals surface area contributed by atoms with E-state index in [0.717, 1.165) is 23.7 Å². The monoisotopic (exact) mass is 181 g/mol. The average Bonchev–Trinajstić information content (AvgIpc) is 2.44. The zero-order chi connectivity index (χ0) is 9.26. The van der Waals surface area contributed by atoms with Crippen molar-refractivity contribution in [1.29, 1.82) is 0 Å². The van der Waals surface area contributed by atoms with Crippen molar-refractivity contribution in [3.8, 4) is 0 Å². The van der Waals surface area contributed by atoms with Crippen LogP contribution in [-0.2, 0) is 0 Å². The van der Waals surface area contributed by atoms with Crippen LogP contribution in [0, 0.1) is 23.7 Å². The zero-order valence-corrected chi connectivity index (χ0v) is 9.05. The summed E-state index contributed by atoms with van der Waals surface area (Å²) in [6.07, 6.45) is 5.93. The van der Waals surface area contributed by atoms with Gasteiger partial charge in [0.05, 0.1) is 0 Å². The van der Waals surface area contributed by atoms with Crippen molar-refractivity contribution in [2.24, 2.45) is 23.7 Å². The molecule has 0 aromatic carbocycles. The molecular formula is C12H23N. The van der Waals surface area contributed by atoms with Gasteiger partial charge >= 0.3 is 0 Å². The summed E-state index contributed by atoms with van der Waals surface area (Å²) >= 11 is 0. The molecule has 0 radical (unpaired) electrons. The standard InChI is InChI=1S/C12H23N/c1-9(2)11-6-4-3-5-10-7-13-8-12(10)11/h9-13H,3-8H2,1-2H3. The molecule has 76 valence electrons. The van der Waals surface area contributed by atoms with E-state index in [9.17, 15) is 0 Å². The predicted molar refractivity (Wildman–Crippen MR) is 56.6 cm³/mol. The van der Waals surface area contributed by atoms with Gasteiger partial charge in [0.15, 0.2) is 0 Å². The molecule has 2 rings (SSSR count). The first kappa shape index (κ1) is 9.51. The Hall–Kier alpha value is -0.0400. The summed E-state index contributed by atoms with van der Waals surface area (Å²) in [6, 6.07) is 0.